The molecule has 5 nitrogen and oxygen atoms in total. The smallest absolute Gasteiger partial charge is 0.254 e. The SMILES string of the molecule is CC(C)(C)n1cc(C=NN2C(=O)[C@@H]3[C@H](C2=O)[C@H]2C=C[C@H]3C2)c2ccccc21. The van der Waals surface area contributed by atoms with E-state index in [2.05, 4.69) is 48.7 Å². The Hall–Kier alpha value is -2.69. The zero-order chi connectivity index (χ0) is 18.9. The molecule has 2 aliphatic carbocycles. The molecular weight excluding hydrogens is 338 g/mol. The molecule has 2 heterocycles. The summed E-state index contributed by atoms with van der Waals surface area (Å²) in [6.07, 6.45) is 8.84. The van der Waals surface area contributed by atoms with Crippen molar-refractivity contribution in [1.82, 2.24) is 9.58 Å². The summed E-state index contributed by atoms with van der Waals surface area (Å²) < 4.78 is 2.20. The van der Waals surface area contributed by atoms with E-state index in [0.29, 0.717) is 0 Å². The molecule has 5 rings (SSSR count). The highest BCUT2D eigenvalue weighted by Crippen LogP contribution is 2.52. The molecule has 0 N–H and O–H groups in total. The van der Waals surface area contributed by atoms with Gasteiger partial charge in [-0.3, -0.25) is 9.59 Å². The fourth-order valence-electron chi connectivity index (χ4n) is 4.98. The molecule has 1 aliphatic heterocycles. The number of para-hydroxylation sites is 1. The summed E-state index contributed by atoms with van der Waals surface area (Å²) in [5, 5.41) is 6.53. The number of fused-ring (bicyclic) bond motifs is 6. The first-order chi connectivity index (χ1) is 12.9. The minimum atomic E-state index is -0.208. The highest BCUT2D eigenvalue weighted by Gasteiger charge is 2.59. The minimum absolute atomic E-state index is 0.0765. The molecule has 0 unspecified atom stereocenters. The molecule has 2 aromatic rings. The summed E-state index contributed by atoms with van der Waals surface area (Å²) in [5.41, 5.74) is 1.95. The lowest BCUT2D eigenvalue weighted by Crippen LogP contribution is -2.28. The van der Waals surface area contributed by atoms with E-state index in [1.807, 2.05) is 24.4 Å². The second-order valence-corrected chi connectivity index (χ2v) is 8.88. The van der Waals surface area contributed by atoms with Gasteiger partial charge >= 0.3 is 0 Å². The number of carbonyl (C=O) groups is 2. The second-order valence-electron chi connectivity index (χ2n) is 8.88. The van der Waals surface area contributed by atoms with Crippen molar-refractivity contribution in [2.45, 2.75) is 32.7 Å². The number of carbonyl (C=O) groups excluding carboxylic acids is 2. The summed E-state index contributed by atoms with van der Waals surface area (Å²) in [5.74, 6) is -0.282. The zero-order valence-corrected chi connectivity index (χ0v) is 15.8. The lowest BCUT2D eigenvalue weighted by molar-refractivity contribution is -0.140. The molecule has 2 fully saturated rings. The Kier molecular flexibility index (Phi) is 3.30. The molecule has 1 saturated heterocycles. The van der Waals surface area contributed by atoms with Crippen molar-refractivity contribution < 1.29 is 9.59 Å². The predicted molar refractivity (Wildman–Crippen MR) is 104 cm³/mol. The van der Waals surface area contributed by atoms with E-state index in [9.17, 15) is 9.59 Å². The number of aromatic nitrogens is 1. The quantitative estimate of drug-likeness (QED) is 0.467. The van der Waals surface area contributed by atoms with Crippen molar-refractivity contribution in [3.8, 4) is 0 Å². The fraction of sp³-hybridized carbons (Fsp3) is 0.409. The molecule has 1 aromatic heterocycles. The van der Waals surface area contributed by atoms with Crippen molar-refractivity contribution in [3.05, 3.63) is 48.2 Å². The van der Waals surface area contributed by atoms with Gasteiger partial charge in [-0.1, -0.05) is 30.4 Å². The predicted octanol–water partition coefficient (Wildman–Crippen LogP) is 3.54. The lowest BCUT2D eigenvalue weighted by Gasteiger charge is -2.22. The fourth-order valence-corrected chi connectivity index (χ4v) is 4.98. The standard InChI is InChI=1S/C22H23N3O2/c1-22(2,3)24-12-15(16-6-4-5-7-17(16)24)11-23-25-20(26)18-13-8-9-14(10-13)19(18)21(25)27/h4-9,11-14,18-19H,10H2,1-3H3/t13-,14-,18-,19+/m0/s1. The molecule has 2 bridgehead atoms. The average Bonchev–Trinajstić information content (AvgIpc) is 3.36. The highest BCUT2D eigenvalue weighted by atomic mass is 16.2. The number of allylic oxidation sites excluding steroid dienone is 2. The van der Waals surface area contributed by atoms with Crippen molar-refractivity contribution in [2.24, 2.45) is 28.8 Å². The van der Waals surface area contributed by atoms with Crippen molar-refractivity contribution in [2.75, 3.05) is 0 Å². The number of hydrogen-bond acceptors (Lipinski definition) is 3. The number of rotatable bonds is 2. The third-order valence-corrected chi connectivity index (χ3v) is 6.22. The molecule has 1 aromatic carbocycles. The normalized spacial score (nSPS) is 29.7. The third-order valence-electron chi connectivity index (χ3n) is 6.22. The van der Waals surface area contributed by atoms with Crippen LogP contribution in [-0.2, 0) is 15.1 Å². The number of hydrazone groups is 1. The molecule has 27 heavy (non-hydrogen) atoms. The molecule has 0 radical (unpaired) electrons. The van der Waals surface area contributed by atoms with Crippen LogP contribution in [-0.4, -0.2) is 27.6 Å². The summed E-state index contributed by atoms with van der Waals surface area (Å²) in [4.78, 5) is 25.6. The largest absolute Gasteiger partial charge is 0.342 e. The first-order valence-corrected chi connectivity index (χ1v) is 9.57. The number of amides is 2. The van der Waals surface area contributed by atoms with Crippen LogP contribution in [0.25, 0.3) is 10.9 Å². The van der Waals surface area contributed by atoms with Crippen LogP contribution in [0.1, 0.15) is 32.8 Å². The summed E-state index contributed by atoms with van der Waals surface area (Å²) in [6, 6.07) is 8.14. The number of hydrogen-bond donors (Lipinski definition) is 0. The number of nitrogens with zero attached hydrogens (tertiary/aromatic N) is 3. The van der Waals surface area contributed by atoms with Gasteiger partial charge in [-0.2, -0.15) is 10.1 Å². The molecule has 5 heteroatoms. The Morgan fingerprint density at radius 1 is 1.04 bits per heavy atom. The summed E-state index contributed by atoms with van der Waals surface area (Å²) in [7, 11) is 0. The molecule has 4 atom stereocenters. The average molecular weight is 361 g/mol. The summed E-state index contributed by atoms with van der Waals surface area (Å²) >= 11 is 0. The first kappa shape index (κ1) is 16.5. The van der Waals surface area contributed by atoms with Gasteiger partial charge in [0.15, 0.2) is 0 Å². The molecule has 2 amide bonds. The topological polar surface area (TPSA) is 54.7 Å². The van der Waals surface area contributed by atoms with Crippen LogP contribution >= 0.6 is 0 Å². The van der Waals surface area contributed by atoms with Crippen molar-refractivity contribution in [3.63, 3.8) is 0 Å². The van der Waals surface area contributed by atoms with Crippen LogP contribution in [0.4, 0.5) is 0 Å². The van der Waals surface area contributed by atoms with E-state index >= 15 is 0 Å². The third kappa shape index (κ3) is 2.27. The van der Waals surface area contributed by atoms with Crippen LogP contribution in [0.3, 0.4) is 0 Å². The maximum atomic E-state index is 12.8. The Balaban J connectivity index is 1.51. The lowest BCUT2D eigenvalue weighted by atomic mass is 9.85. The molecular formula is C22H23N3O2. The van der Waals surface area contributed by atoms with Gasteiger partial charge in [-0.15, -0.1) is 0 Å². The van der Waals surface area contributed by atoms with Crippen LogP contribution in [0.5, 0.6) is 0 Å². The Morgan fingerprint density at radius 3 is 2.30 bits per heavy atom. The van der Waals surface area contributed by atoms with Gasteiger partial charge in [0.05, 0.1) is 18.1 Å². The van der Waals surface area contributed by atoms with Gasteiger partial charge in [-0.25, -0.2) is 0 Å². The van der Waals surface area contributed by atoms with Crippen molar-refractivity contribution in [1.29, 1.82) is 0 Å². The number of imide groups is 1. The second kappa shape index (κ2) is 5.41. The van der Waals surface area contributed by atoms with Gasteiger partial charge in [0.2, 0.25) is 0 Å². The van der Waals surface area contributed by atoms with Crippen molar-refractivity contribution >= 4 is 28.9 Å². The first-order valence-electron chi connectivity index (χ1n) is 9.57. The van der Waals surface area contributed by atoms with Gasteiger partial charge in [0, 0.05) is 28.2 Å². The van der Waals surface area contributed by atoms with E-state index < -0.39 is 0 Å². The van der Waals surface area contributed by atoms with Gasteiger partial charge in [0.1, 0.15) is 0 Å². The van der Waals surface area contributed by atoms with Crippen LogP contribution in [0.2, 0.25) is 0 Å². The van der Waals surface area contributed by atoms with E-state index in [0.717, 1.165) is 27.9 Å². The van der Waals surface area contributed by atoms with E-state index in [1.165, 1.54) is 0 Å². The van der Waals surface area contributed by atoms with Crippen LogP contribution in [0.15, 0.2) is 47.7 Å². The zero-order valence-electron chi connectivity index (χ0n) is 15.8. The van der Waals surface area contributed by atoms with Gasteiger partial charge in [0.25, 0.3) is 11.8 Å². The monoisotopic (exact) mass is 361 g/mol. The Labute approximate surface area is 158 Å². The van der Waals surface area contributed by atoms with Crippen LogP contribution in [0, 0.1) is 23.7 Å². The molecule has 3 aliphatic rings. The highest BCUT2D eigenvalue weighted by molar-refractivity contribution is 6.07. The Morgan fingerprint density at radius 2 is 1.67 bits per heavy atom. The van der Waals surface area contributed by atoms with E-state index in [1.54, 1.807) is 6.21 Å². The molecule has 138 valence electrons. The maximum Gasteiger partial charge on any atom is 0.254 e. The Bertz CT molecular complexity index is 994. The van der Waals surface area contributed by atoms with Gasteiger partial charge < -0.3 is 4.57 Å². The van der Waals surface area contributed by atoms with Crippen LogP contribution < -0.4 is 0 Å². The maximum absolute atomic E-state index is 12.8. The molecule has 0 spiro atoms. The molecule has 1 saturated carbocycles. The summed E-state index contributed by atoms with van der Waals surface area (Å²) in [6.45, 7) is 6.45. The van der Waals surface area contributed by atoms with E-state index in [-0.39, 0.29) is 41.0 Å². The van der Waals surface area contributed by atoms with Gasteiger partial charge in [-0.05, 0) is 45.1 Å². The van der Waals surface area contributed by atoms with E-state index in [4.69, 9.17) is 0 Å². The number of benzene rings is 1. The minimum Gasteiger partial charge on any atom is -0.342 e.